The molecule has 1 rings (SSSR count). The van der Waals surface area contributed by atoms with Crippen molar-refractivity contribution in [2.24, 2.45) is 0 Å². The zero-order chi connectivity index (χ0) is 20.5. The predicted molar refractivity (Wildman–Crippen MR) is 106 cm³/mol. The van der Waals surface area contributed by atoms with Crippen LogP contribution >= 0.6 is 0 Å². The maximum Gasteiger partial charge on any atom is 0.417 e. The topological polar surface area (TPSA) is 64.6 Å². The molecule has 2 amide bonds. The van der Waals surface area contributed by atoms with E-state index in [2.05, 4.69) is 37.8 Å². The summed E-state index contributed by atoms with van der Waals surface area (Å²) in [4.78, 5) is 22.2. The first-order valence-electron chi connectivity index (χ1n) is 8.71. The monoisotopic (exact) mass is 363 g/mol. The second-order valence-corrected chi connectivity index (χ2v) is 7.96. The van der Waals surface area contributed by atoms with Gasteiger partial charge in [-0.05, 0) is 66.0 Å². The van der Waals surface area contributed by atoms with Crippen LogP contribution in [0.25, 0.3) is 5.57 Å². The molecule has 0 saturated heterocycles. The van der Waals surface area contributed by atoms with Gasteiger partial charge in [-0.25, -0.2) is 14.9 Å². The maximum absolute atomic E-state index is 11.1. The van der Waals surface area contributed by atoms with Gasteiger partial charge in [0, 0.05) is 0 Å². The number of imide groups is 1. The largest absolute Gasteiger partial charge is 0.443 e. The van der Waals surface area contributed by atoms with Crippen LogP contribution in [0.5, 0.6) is 0 Å². The summed E-state index contributed by atoms with van der Waals surface area (Å²) in [5.41, 5.74) is 2.49. The van der Waals surface area contributed by atoms with Crippen molar-refractivity contribution < 1.29 is 19.1 Å². The second-order valence-electron chi connectivity index (χ2n) is 7.96. The SMILES string of the molecule is C=C(C)c1ccc(CC)cc1.CC(C)(C)OC(=O)NC(=O)OC(C)(C)C. The van der Waals surface area contributed by atoms with Gasteiger partial charge in [-0.2, -0.15) is 0 Å². The minimum Gasteiger partial charge on any atom is -0.443 e. The number of carbonyl (C=O) groups excluding carboxylic acids is 2. The normalized spacial score (nSPS) is 10.9. The third-order valence-electron chi connectivity index (χ3n) is 2.86. The molecule has 0 aromatic heterocycles. The number of aryl methyl sites for hydroxylation is 1. The van der Waals surface area contributed by atoms with Crippen LogP contribution in [-0.4, -0.2) is 23.4 Å². The van der Waals surface area contributed by atoms with Gasteiger partial charge in [0.2, 0.25) is 0 Å². The zero-order valence-electron chi connectivity index (χ0n) is 17.4. The van der Waals surface area contributed by atoms with E-state index in [0.717, 1.165) is 12.0 Å². The van der Waals surface area contributed by atoms with Crippen molar-refractivity contribution in [3.8, 4) is 0 Å². The molecule has 26 heavy (non-hydrogen) atoms. The molecule has 1 aromatic carbocycles. The number of nitrogens with one attached hydrogen (secondary N) is 1. The van der Waals surface area contributed by atoms with E-state index in [0.29, 0.717) is 0 Å². The van der Waals surface area contributed by atoms with E-state index in [9.17, 15) is 9.59 Å². The van der Waals surface area contributed by atoms with E-state index >= 15 is 0 Å². The molecule has 0 saturated carbocycles. The summed E-state index contributed by atoms with van der Waals surface area (Å²) in [7, 11) is 0. The highest BCUT2D eigenvalue weighted by molar-refractivity contribution is 5.87. The standard InChI is InChI=1S/C11H14.C10H19NO4/c1-4-10-5-7-11(8-6-10)9(2)3;1-9(2,3)14-7(12)11-8(13)15-10(4,5)6/h5-8H,2,4H2,1,3H3;1-6H3,(H,11,12,13). The Bertz CT molecular complexity index is 578. The van der Waals surface area contributed by atoms with Crippen LogP contribution < -0.4 is 5.32 Å². The fraction of sp³-hybridized carbons (Fsp3) is 0.524. The Balaban J connectivity index is 0.000000502. The Morgan fingerprint density at radius 1 is 0.923 bits per heavy atom. The number of hydrogen-bond donors (Lipinski definition) is 1. The zero-order valence-corrected chi connectivity index (χ0v) is 17.4. The molecule has 0 aliphatic rings. The first kappa shape index (κ1) is 23.7. The van der Waals surface area contributed by atoms with E-state index in [1.54, 1.807) is 41.5 Å². The summed E-state index contributed by atoms with van der Waals surface area (Å²) in [5.74, 6) is 0. The minimum absolute atomic E-state index is 0.633. The number of alkyl carbamates (subject to hydrolysis) is 2. The lowest BCUT2D eigenvalue weighted by Crippen LogP contribution is -2.39. The molecule has 0 bridgehead atoms. The number of carbonyl (C=O) groups is 2. The highest BCUT2D eigenvalue weighted by Gasteiger charge is 2.21. The maximum atomic E-state index is 11.1. The van der Waals surface area contributed by atoms with E-state index in [1.165, 1.54) is 11.1 Å². The number of hydrogen-bond acceptors (Lipinski definition) is 4. The number of ether oxygens (including phenoxy) is 2. The van der Waals surface area contributed by atoms with Gasteiger partial charge in [-0.3, -0.25) is 0 Å². The van der Waals surface area contributed by atoms with Crippen LogP contribution in [-0.2, 0) is 15.9 Å². The highest BCUT2D eigenvalue weighted by Crippen LogP contribution is 2.12. The van der Waals surface area contributed by atoms with Crippen LogP contribution in [0.3, 0.4) is 0 Å². The molecule has 0 aliphatic heterocycles. The van der Waals surface area contributed by atoms with Crippen molar-refractivity contribution in [2.75, 3.05) is 0 Å². The molecule has 146 valence electrons. The summed E-state index contributed by atoms with van der Waals surface area (Å²) in [5, 5.41) is 1.97. The molecular formula is C21H33NO4. The van der Waals surface area contributed by atoms with Crippen LogP contribution in [0, 0.1) is 0 Å². The molecule has 5 nitrogen and oxygen atoms in total. The van der Waals surface area contributed by atoms with Gasteiger partial charge in [-0.15, -0.1) is 0 Å². The van der Waals surface area contributed by atoms with Crippen LogP contribution in [0.2, 0.25) is 0 Å². The van der Waals surface area contributed by atoms with Gasteiger partial charge in [0.15, 0.2) is 0 Å². The molecule has 1 aromatic rings. The second kappa shape index (κ2) is 10.00. The van der Waals surface area contributed by atoms with Gasteiger partial charge in [-0.1, -0.05) is 43.3 Å². The quantitative estimate of drug-likeness (QED) is 0.729. The Morgan fingerprint density at radius 3 is 1.58 bits per heavy atom. The molecule has 0 heterocycles. The van der Waals surface area contributed by atoms with Gasteiger partial charge in [0.25, 0.3) is 0 Å². The highest BCUT2D eigenvalue weighted by atomic mass is 16.6. The molecule has 0 spiro atoms. The van der Waals surface area contributed by atoms with E-state index in [1.807, 2.05) is 12.2 Å². The Labute approximate surface area is 157 Å². The number of allylic oxidation sites excluding steroid dienone is 1. The van der Waals surface area contributed by atoms with E-state index in [-0.39, 0.29) is 0 Å². The van der Waals surface area contributed by atoms with Crippen molar-refractivity contribution in [1.29, 1.82) is 0 Å². The predicted octanol–water partition coefficient (Wildman–Crippen LogP) is 5.73. The third kappa shape index (κ3) is 12.1. The first-order valence-corrected chi connectivity index (χ1v) is 8.71. The lowest BCUT2D eigenvalue weighted by Gasteiger charge is -2.21. The average molecular weight is 363 g/mol. The van der Waals surface area contributed by atoms with Gasteiger partial charge in [0.1, 0.15) is 11.2 Å². The van der Waals surface area contributed by atoms with E-state index in [4.69, 9.17) is 9.47 Å². The van der Waals surface area contributed by atoms with Crippen LogP contribution in [0.15, 0.2) is 30.8 Å². The number of amides is 2. The molecule has 1 N–H and O–H groups in total. The summed E-state index contributed by atoms with van der Waals surface area (Å²) in [6.07, 6.45) is -0.510. The number of benzene rings is 1. The van der Waals surface area contributed by atoms with Crippen molar-refractivity contribution in [3.05, 3.63) is 42.0 Å². The van der Waals surface area contributed by atoms with Crippen molar-refractivity contribution in [1.82, 2.24) is 5.32 Å². The smallest absolute Gasteiger partial charge is 0.417 e. The molecule has 5 heteroatoms. The Morgan fingerprint density at radius 2 is 1.31 bits per heavy atom. The Kier molecular flexibility index (Phi) is 9.11. The summed E-state index contributed by atoms with van der Waals surface area (Å²) < 4.78 is 9.74. The van der Waals surface area contributed by atoms with Crippen LogP contribution in [0.1, 0.15) is 66.5 Å². The minimum atomic E-state index is -0.809. The molecule has 0 radical (unpaired) electrons. The van der Waals surface area contributed by atoms with Gasteiger partial charge in [0.05, 0.1) is 0 Å². The molecule has 0 fully saturated rings. The van der Waals surface area contributed by atoms with E-state index < -0.39 is 23.4 Å². The lowest BCUT2D eigenvalue weighted by atomic mass is 10.1. The summed E-state index contributed by atoms with van der Waals surface area (Å²) in [6, 6.07) is 8.57. The molecule has 0 atom stereocenters. The van der Waals surface area contributed by atoms with Crippen molar-refractivity contribution >= 4 is 17.8 Å². The van der Waals surface area contributed by atoms with Gasteiger partial charge >= 0.3 is 12.2 Å². The first-order chi connectivity index (χ1) is 11.7. The Hall–Kier alpha value is -2.30. The molecule has 0 unspecified atom stereocenters. The van der Waals surface area contributed by atoms with Gasteiger partial charge < -0.3 is 9.47 Å². The number of rotatable bonds is 2. The molecule has 0 aliphatic carbocycles. The van der Waals surface area contributed by atoms with Crippen LogP contribution in [0.4, 0.5) is 9.59 Å². The fourth-order valence-corrected chi connectivity index (χ4v) is 1.72. The molecular weight excluding hydrogens is 330 g/mol. The van der Waals surface area contributed by atoms with Crippen molar-refractivity contribution in [3.63, 3.8) is 0 Å². The summed E-state index contributed by atoms with van der Waals surface area (Å²) in [6.45, 7) is 18.3. The fourth-order valence-electron chi connectivity index (χ4n) is 1.72. The lowest BCUT2D eigenvalue weighted by molar-refractivity contribution is 0.0353. The van der Waals surface area contributed by atoms with Crippen molar-refractivity contribution in [2.45, 2.75) is 73.0 Å². The third-order valence-corrected chi connectivity index (χ3v) is 2.86. The average Bonchev–Trinajstić information content (AvgIpc) is 2.43. The summed E-state index contributed by atoms with van der Waals surface area (Å²) >= 11 is 0.